The number of carbonyl (C=O) groups is 3. The van der Waals surface area contributed by atoms with Crippen LogP contribution in [-0.2, 0) is 20.9 Å². The van der Waals surface area contributed by atoms with Crippen LogP contribution in [-0.4, -0.2) is 62.7 Å². The fraction of sp³-hybridized carbons (Fsp3) is 0.444. The van der Waals surface area contributed by atoms with Gasteiger partial charge in [0, 0.05) is 24.2 Å². The van der Waals surface area contributed by atoms with Crippen molar-refractivity contribution in [3.8, 4) is 17.2 Å². The zero-order valence-corrected chi connectivity index (χ0v) is 21.4. The average molecular weight is 499 g/mol. The molecule has 0 aliphatic heterocycles. The highest BCUT2D eigenvalue weighted by Gasteiger charge is 2.34. The average Bonchev–Trinajstić information content (AvgIpc) is 3.73. The molecule has 1 N–H and O–H groups in total. The van der Waals surface area contributed by atoms with Crippen molar-refractivity contribution in [2.75, 3.05) is 27.9 Å². The lowest BCUT2D eigenvalue weighted by molar-refractivity contribution is -0.155. The maximum Gasteiger partial charge on any atom is 0.329 e. The first kappa shape index (κ1) is 26.8. The van der Waals surface area contributed by atoms with Crippen LogP contribution in [0.2, 0.25) is 0 Å². The molecule has 0 saturated heterocycles. The van der Waals surface area contributed by atoms with E-state index in [0.29, 0.717) is 18.0 Å². The van der Waals surface area contributed by atoms with E-state index in [2.05, 4.69) is 5.32 Å². The Morgan fingerprint density at radius 3 is 2.00 bits per heavy atom. The summed E-state index contributed by atoms with van der Waals surface area (Å²) in [5.74, 6) is -0.0336. The van der Waals surface area contributed by atoms with Gasteiger partial charge in [-0.15, -0.1) is 0 Å². The summed E-state index contributed by atoms with van der Waals surface area (Å²) < 4.78 is 21.0. The Labute approximate surface area is 211 Å². The van der Waals surface area contributed by atoms with Gasteiger partial charge in [-0.25, -0.2) is 4.79 Å². The fourth-order valence-electron chi connectivity index (χ4n) is 3.70. The van der Waals surface area contributed by atoms with Gasteiger partial charge in [0.05, 0.1) is 21.3 Å². The van der Waals surface area contributed by atoms with Crippen molar-refractivity contribution in [3.63, 3.8) is 0 Å². The van der Waals surface area contributed by atoms with Crippen LogP contribution in [0.15, 0.2) is 42.5 Å². The Balaban J connectivity index is 1.62. The number of rotatable bonds is 12. The van der Waals surface area contributed by atoms with Crippen LogP contribution in [0.1, 0.15) is 42.6 Å². The number of hydrogen-bond acceptors (Lipinski definition) is 7. The predicted octanol–water partition coefficient (Wildman–Crippen LogP) is 3.20. The number of carbonyl (C=O) groups excluding carboxylic acids is 3. The van der Waals surface area contributed by atoms with Gasteiger partial charge in [-0.2, -0.15) is 0 Å². The molecule has 1 atom stereocenters. The van der Waals surface area contributed by atoms with Gasteiger partial charge in [0.25, 0.3) is 11.8 Å². The smallest absolute Gasteiger partial charge is 0.329 e. The largest absolute Gasteiger partial charge is 0.497 e. The van der Waals surface area contributed by atoms with E-state index in [1.165, 1.54) is 14.2 Å². The Kier molecular flexibility index (Phi) is 9.16. The van der Waals surface area contributed by atoms with Crippen molar-refractivity contribution in [3.05, 3.63) is 53.6 Å². The molecular weight excluding hydrogens is 464 g/mol. The number of amides is 2. The molecule has 0 unspecified atom stereocenters. The minimum atomic E-state index is -0.932. The van der Waals surface area contributed by atoms with E-state index < -0.39 is 24.5 Å². The zero-order valence-electron chi connectivity index (χ0n) is 21.4. The third-order valence-corrected chi connectivity index (χ3v) is 5.98. The molecule has 0 heterocycles. The van der Waals surface area contributed by atoms with Crippen LogP contribution in [0.5, 0.6) is 17.2 Å². The van der Waals surface area contributed by atoms with Crippen molar-refractivity contribution in [2.24, 2.45) is 5.92 Å². The highest BCUT2D eigenvalue weighted by atomic mass is 16.5. The number of ether oxygens (including phenoxy) is 4. The number of nitrogens with one attached hydrogen (secondary N) is 1. The molecule has 1 fully saturated rings. The molecule has 194 valence electrons. The maximum absolute atomic E-state index is 12.9. The summed E-state index contributed by atoms with van der Waals surface area (Å²) >= 11 is 0. The lowest BCUT2D eigenvalue weighted by Crippen LogP contribution is -2.46. The Bertz CT molecular complexity index is 1040. The summed E-state index contributed by atoms with van der Waals surface area (Å²) in [5, 5.41) is 2.71. The highest BCUT2D eigenvalue weighted by molar-refractivity contribution is 5.97. The van der Waals surface area contributed by atoms with Crippen LogP contribution in [0, 0.1) is 5.92 Å². The predicted molar refractivity (Wildman–Crippen MR) is 133 cm³/mol. The van der Waals surface area contributed by atoms with Crippen molar-refractivity contribution in [1.29, 1.82) is 0 Å². The number of esters is 1. The second-order valence-corrected chi connectivity index (χ2v) is 9.01. The third kappa shape index (κ3) is 7.13. The van der Waals surface area contributed by atoms with Crippen molar-refractivity contribution >= 4 is 17.8 Å². The number of methoxy groups -OCH3 is 3. The Morgan fingerprint density at radius 2 is 1.50 bits per heavy atom. The molecule has 1 aliphatic carbocycles. The molecule has 2 aromatic rings. The standard InChI is InChI=1S/C27H34N2O7/c1-17(2)25(28-26(31)19-12-22(34-4)14-23(13-19)35-5)27(32)36-16-24(30)29(20-8-9-20)15-18-6-10-21(33-3)11-7-18/h6-7,10-14,17,20,25H,8-9,15-16H2,1-5H3,(H,28,31)/t25-/m0/s1. The van der Waals surface area contributed by atoms with Gasteiger partial charge in [-0.05, 0) is 48.6 Å². The van der Waals surface area contributed by atoms with Gasteiger partial charge < -0.3 is 29.2 Å². The molecular formula is C27H34N2O7. The molecule has 2 amide bonds. The lowest BCUT2D eigenvalue weighted by Gasteiger charge is -2.24. The molecule has 36 heavy (non-hydrogen) atoms. The third-order valence-electron chi connectivity index (χ3n) is 5.98. The zero-order chi connectivity index (χ0) is 26.2. The van der Waals surface area contributed by atoms with E-state index in [9.17, 15) is 14.4 Å². The van der Waals surface area contributed by atoms with Gasteiger partial charge in [0.15, 0.2) is 6.61 Å². The van der Waals surface area contributed by atoms with Crippen LogP contribution in [0.3, 0.4) is 0 Å². The first-order chi connectivity index (χ1) is 17.2. The number of benzene rings is 2. The summed E-state index contributed by atoms with van der Waals surface area (Å²) in [4.78, 5) is 40.4. The van der Waals surface area contributed by atoms with E-state index in [4.69, 9.17) is 18.9 Å². The van der Waals surface area contributed by atoms with Crippen molar-refractivity contribution < 1.29 is 33.3 Å². The van der Waals surface area contributed by atoms with Crippen LogP contribution < -0.4 is 19.5 Å². The minimum absolute atomic E-state index is 0.141. The van der Waals surface area contributed by atoms with Gasteiger partial charge in [0.2, 0.25) is 0 Å². The first-order valence-corrected chi connectivity index (χ1v) is 11.9. The van der Waals surface area contributed by atoms with Gasteiger partial charge >= 0.3 is 5.97 Å². The van der Waals surface area contributed by atoms with E-state index in [0.717, 1.165) is 24.2 Å². The summed E-state index contributed by atoms with van der Waals surface area (Å²) in [6.07, 6.45) is 1.84. The molecule has 1 saturated carbocycles. The molecule has 1 aliphatic rings. The van der Waals surface area contributed by atoms with Crippen LogP contribution in [0.25, 0.3) is 0 Å². The van der Waals surface area contributed by atoms with E-state index in [1.54, 1.807) is 44.1 Å². The maximum atomic E-state index is 12.9. The van der Waals surface area contributed by atoms with Gasteiger partial charge in [0.1, 0.15) is 23.3 Å². The summed E-state index contributed by atoms with van der Waals surface area (Å²) in [7, 11) is 4.58. The SMILES string of the molecule is COc1ccc(CN(C(=O)COC(=O)[C@@H](NC(=O)c2cc(OC)cc(OC)c2)C(C)C)C2CC2)cc1. The topological polar surface area (TPSA) is 103 Å². The Hall–Kier alpha value is -3.75. The van der Waals surface area contributed by atoms with Crippen molar-refractivity contribution in [2.45, 2.75) is 45.3 Å². The number of hydrogen-bond donors (Lipinski definition) is 1. The molecule has 9 heteroatoms. The molecule has 0 bridgehead atoms. The molecule has 9 nitrogen and oxygen atoms in total. The number of nitrogens with zero attached hydrogens (tertiary/aromatic N) is 1. The van der Waals surface area contributed by atoms with Crippen molar-refractivity contribution in [1.82, 2.24) is 10.2 Å². The van der Waals surface area contributed by atoms with E-state index in [1.807, 2.05) is 24.3 Å². The first-order valence-electron chi connectivity index (χ1n) is 11.9. The molecule has 2 aromatic carbocycles. The normalized spacial score (nSPS) is 13.5. The van der Waals surface area contributed by atoms with Gasteiger partial charge in [-0.3, -0.25) is 9.59 Å². The van der Waals surface area contributed by atoms with Crippen LogP contribution in [0.4, 0.5) is 0 Å². The highest BCUT2D eigenvalue weighted by Crippen LogP contribution is 2.29. The molecule has 0 aromatic heterocycles. The second-order valence-electron chi connectivity index (χ2n) is 9.01. The summed E-state index contributed by atoms with van der Waals surface area (Å²) in [6.45, 7) is 3.62. The quantitative estimate of drug-likeness (QED) is 0.448. The lowest BCUT2D eigenvalue weighted by atomic mass is 10.0. The second kappa shape index (κ2) is 12.3. The Morgan fingerprint density at radius 1 is 0.917 bits per heavy atom. The molecule has 0 spiro atoms. The molecule has 3 rings (SSSR count). The fourth-order valence-corrected chi connectivity index (χ4v) is 3.70. The van der Waals surface area contributed by atoms with E-state index >= 15 is 0 Å². The summed E-state index contributed by atoms with van der Waals surface area (Å²) in [6, 6.07) is 11.5. The molecule has 0 radical (unpaired) electrons. The monoisotopic (exact) mass is 498 g/mol. The van der Waals surface area contributed by atoms with Crippen LogP contribution >= 0.6 is 0 Å². The van der Waals surface area contributed by atoms with E-state index in [-0.39, 0.29) is 23.4 Å². The van der Waals surface area contributed by atoms with Gasteiger partial charge in [-0.1, -0.05) is 26.0 Å². The minimum Gasteiger partial charge on any atom is -0.497 e. The summed E-state index contributed by atoms with van der Waals surface area (Å²) in [5.41, 5.74) is 1.24.